The highest BCUT2D eigenvalue weighted by molar-refractivity contribution is 6.42. The van der Waals surface area contributed by atoms with Gasteiger partial charge in [0.15, 0.2) is 0 Å². The number of halogens is 3. The maximum absolute atomic E-state index is 11.3. The first-order valence-electron chi connectivity index (χ1n) is 5.57. The van der Waals surface area contributed by atoms with Crippen molar-refractivity contribution in [3.63, 3.8) is 0 Å². The topological polar surface area (TPSA) is 46.5 Å². The number of hydrogen-bond acceptors (Lipinski definition) is 2. The molecular weight excluding hydrogens is 323 g/mol. The summed E-state index contributed by atoms with van der Waals surface area (Å²) < 4.78 is 5.45. The molecule has 104 valence electrons. The summed E-state index contributed by atoms with van der Waals surface area (Å²) in [4.78, 5) is 11.3. The Morgan fingerprint density at radius 1 is 1.00 bits per heavy atom. The summed E-state index contributed by atoms with van der Waals surface area (Å²) in [7, 11) is 0. The number of carboxylic acid groups (broad SMARTS) is 1. The van der Waals surface area contributed by atoms with Gasteiger partial charge in [0.1, 0.15) is 5.75 Å². The minimum atomic E-state index is -1.15. The molecule has 1 atom stereocenters. The van der Waals surface area contributed by atoms with Crippen molar-refractivity contribution in [2.45, 2.75) is 6.10 Å². The molecule has 0 aromatic heterocycles. The van der Waals surface area contributed by atoms with Crippen molar-refractivity contribution in [3.8, 4) is 5.75 Å². The lowest BCUT2D eigenvalue weighted by atomic mass is 10.1. The molecule has 0 spiro atoms. The molecular formula is C14H9Cl3O3. The van der Waals surface area contributed by atoms with E-state index in [1.165, 1.54) is 6.07 Å². The number of carboxylic acids is 1. The third kappa shape index (κ3) is 3.57. The molecule has 0 radical (unpaired) electrons. The van der Waals surface area contributed by atoms with Crippen LogP contribution >= 0.6 is 34.8 Å². The first kappa shape index (κ1) is 15.0. The van der Waals surface area contributed by atoms with Crippen LogP contribution in [0.3, 0.4) is 0 Å². The number of aliphatic carboxylic acids is 1. The molecule has 2 aromatic rings. The Morgan fingerprint density at radius 2 is 1.65 bits per heavy atom. The lowest BCUT2D eigenvalue weighted by molar-refractivity contribution is -0.145. The average molecular weight is 332 g/mol. The van der Waals surface area contributed by atoms with Crippen LogP contribution < -0.4 is 4.74 Å². The Bertz CT molecular complexity index is 626. The molecule has 0 saturated heterocycles. The zero-order valence-electron chi connectivity index (χ0n) is 10.0. The molecule has 1 N–H and O–H groups in total. The van der Waals surface area contributed by atoms with Crippen molar-refractivity contribution < 1.29 is 14.6 Å². The highest BCUT2D eigenvalue weighted by Crippen LogP contribution is 2.29. The van der Waals surface area contributed by atoms with Crippen LogP contribution in [0.4, 0.5) is 0 Å². The first-order valence-corrected chi connectivity index (χ1v) is 6.71. The van der Waals surface area contributed by atoms with E-state index in [0.29, 0.717) is 26.4 Å². The second-order valence-corrected chi connectivity index (χ2v) is 5.21. The van der Waals surface area contributed by atoms with Gasteiger partial charge in [-0.15, -0.1) is 0 Å². The third-order valence-electron chi connectivity index (χ3n) is 2.54. The van der Waals surface area contributed by atoms with Gasteiger partial charge in [-0.05, 0) is 24.3 Å². The van der Waals surface area contributed by atoms with Gasteiger partial charge in [-0.3, -0.25) is 0 Å². The first-order chi connectivity index (χ1) is 9.47. The van der Waals surface area contributed by atoms with E-state index in [2.05, 4.69) is 0 Å². The molecule has 0 fully saturated rings. The predicted octanol–water partition coefficient (Wildman–Crippen LogP) is 4.85. The summed E-state index contributed by atoms with van der Waals surface area (Å²) >= 11 is 17.4. The summed E-state index contributed by atoms with van der Waals surface area (Å²) in [6.07, 6.45) is -1.15. The van der Waals surface area contributed by atoms with Crippen LogP contribution in [0.15, 0.2) is 42.5 Å². The quantitative estimate of drug-likeness (QED) is 0.871. The van der Waals surface area contributed by atoms with Crippen LogP contribution in [0, 0.1) is 0 Å². The fourth-order valence-corrected chi connectivity index (χ4v) is 2.00. The molecule has 0 heterocycles. The van der Waals surface area contributed by atoms with Crippen LogP contribution in [0.1, 0.15) is 11.7 Å². The van der Waals surface area contributed by atoms with Crippen LogP contribution in [0.25, 0.3) is 0 Å². The van der Waals surface area contributed by atoms with Crippen molar-refractivity contribution in [2.24, 2.45) is 0 Å². The third-order valence-corrected chi connectivity index (χ3v) is 3.53. The molecule has 2 aromatic carbocycles. The minimum Gasteiger partial charge on any atom is -0.478 e. The Hall–Kier alpha value is -1.42. The number of hydrogen-bond donors (Lipinski definition) is 1. The molecule has 0 aliphatic carbocycles. The zero-order chi connectivity index (χ0) is 14.7. The van der Waals surface area contributed by atoms with Gasteiger partial charge in [-0.25, -0.2) is 4.79 Å². The van der Waals surface area contributed by atoms with E-state index in [1.807, 2.05) is 0 Å². The summed E-state index contributed by atoms with van der Waals surface area (Å²) in [5.41, 5.74) is 0.480. The molecule has 0 unspecified atom stereocenters. The maximum Gasteiger partial charge on any atom is 0.349 e. The Kier molecular flexibility index (Phi) is 4.76. The number of carbonyl (C=O) groups is 1. The van der Waals surface area contributed by atoms with E-state index in [0.717, 1.165) is 0 Å². The largest absolute Gasteiger partial charge is 0.478 e. The van der Waals surface area contributed by atoms with E-state index < -0.39 is 12.1 Å². The summed E-state index contributed by atoms with van der Waals surface area (Å²) in [6, 6.07) is 11.0. The molecule has 20 heavy (non-hydrogen) atoms. The monoisotopic (exact) mass is 330 g/mol. The van der Waals surface area contributed by atoms with Gasteiger partial charge in [0, 0.05) is 16.7 Å². The van der Waals surface area contributed by atoms with Crippen LogP contribution in [0.2, 0.25) is 15.1 Å². The van der Waals surface area contributed by atoms with Crippen LogP contribution in [-0.4, -0.2) is 11.1 Å². The Morgan fingerprint density at radius 3 is 2.20 bits per heavy atom. The molecule has 0 aliphatic heterocycles. The van der Waals surface area contributed by atoms with Gasteiger partial charge in [0.25, 0.3) is 0 Å². The standard InChI is InChI=1S/C14H9Cl3O3/c15-9-3-1-8(2-4-9)13(14(18)19)20-10-5-6-11(16)12(17)7-10/h1-7,13H,(H,18,19)/t13-/m1/s1. The van der Waals surface area contributed by atoms with Gasteiger partial charge in [-0.1, -0.05) is 46.9 Å². The molecule has 0 saturated carbocycles. The van der Waals surface area contributed by atoms with E-state index in [-0.39, 0.29) is 0 Å². The van der Waals surface area contributed by atoms with Crippen LogP contribution in [-0.2, 0) is 4.79 Å². The summed E-state index contributed by atoms with van der Waals surface area (Å²) in [6.45, 7) is 0. The Labute approximate surface area is 130 Å². The normalized spacial score (nSPS) is 11.9. The fourth-order valence-electron chi connectivity index (χ4n) is 1.58. The van der Waals surface area contributed by atoms with Crippen molar-refractivity contribution in [1.29, 1.82) is 0 Å². The van der Waals surface area contributed by atoms with Gasteiger partial charge in [0.2, 0.25) is 6.10 Å². The minimum absolute atomic E-state index is 0.296. The summed E-state index contributed by atoms with van der Waals surface area (Å²) in [5, 5.41) is 10.5. The molecule has 6 heteroatoms. The van der Waals surface area contributed by atoms with Crippen molar-refractivity contribution >= 4 is 40.8 Å². The molecule has 0 aliphatic rings. The van der Waals surface area contributed by atoms with Gasteiger partial charge >= 0.3 is 5.97 Å². The van der Waals surface area contributed by atoms with Crippen molar-refractivity contribution in [1.82, 2.24) is 0 Å². The summed E-state index contributed by atoms with van der Waals surface area (Å²) in [5.74, 6) is -0.792. The molecule has 0 bridgehead atoms. The van der Waals surface area contributed by atoms with Gasteiger partial charge in [0.05, 0.1) is 10.0 Å². The van der Waals surface area contributed by atoms with Crippen molar-refractivity contribution in [3.05, 3.63) is 63.1 Å². The highest BCUT2D eigenvalue weighted by atomic mass is 35.5. The van der Waals surface area contributed by atoms with E-state index in [4.69, 9.17) is 39.5 Å². The smallest absolute Gasteiger partial charge is 0.349 e. The highest BCUT2D eigenvalue weighted by Gasteiger charge is 2.22. The number of rotatable bonds is 4. The Balaban J connectivity index is 2.27. The van der Waals surface area contributed by atoms with Crippen molar-refractivity contribution in [2.75, 3.05) is 0 Å². The molecule has 3 nitrogen and oxygen atoms in total. The lowest BCUT2D eigenvalue weighted by Gasteiger charge is -2.16. The average Bonchev–Trinajstić information content (AvgIpc) is 2.41. The van der Waals surface area contributed by atoms with Gasteiger partial charge < -0.3 is 9.84 Å². The van der Waals surface area contributed by atoms with Gasteiger partial charge in [-0.2, -0.15) is 0 Å². The molecule has 2 rings (SSSR count). The van der Waals surface area contributed by atoms with E-state index >= 15 is 0 Å². The van der Waals surface area contributed by atoms with E-state index in [1.54, 1.807) is 36.4 Å². The number of benzene rings is 2. The zero-order valence-corrected chi connectivity index (χ0v) is 12.3. The molecule has 0 amide bonds. The maximum atomic E-state index is 11.3. The fraction of sp³-hybridized carbons (Fsp3) is 0.0714. The van der Waals surface area contributed by atoms with E-state index in [9.17, 15) is 9.90 Å². The second-order valence-electron chi connectivity index (χ2n) is 3.96. The predicted molar refractivity (Wildman–Crippen MR) is 78.9 cm³/mol. The second kappa shape index (κ2) is 6.35. The SMILES string of the molecule is O=C(O)[C@H](Oc1ccc(Cl)c(Cl)c1)c1ccc(Cl)cc1. The van der Waals surface area contributed by atoms with Crippen LogP contribution in [0.5, 0.6) is 5.75 Å². The number of ether oxygens (including phenoxy) is 1. The lowest BCUT2D eigenvalue weighted by Crippen LogP contribution is -2.18.